The van der Waals surface area contributed by atoms with Crippen LogP contribution in [-0.2, 0) is 4.74 Å². The van der Waals surface area contributed by atoms with E-state index in [9.17, 15) is 4.79 Å². The number of hydrogen-bond donors (Lipinski definition) is 1. The predicted octanol–water partition coefficient (Wildman–Crippen LogP) is 2.57. The standard InChI is InChI=1S/C13H18N2O2S/c1-17-12(16)10-4-7-14-11(8-10)15-9-13(18-2)5-3-6-13/h4,7-8H,3,5-6,9H2,1-2H3,(H,14,15). The number of thioether (sulfide) groups is 1. The summed E-state index contributed by atoms with van der Waals surface area (Å²) in [6, 6.07) is 3.39. The molecule has 2 rings (SSSR count). The van der Waals surface area contributed by atoms with Crippen LogP contribution >= 0.6 is 11.8 Å². The molecule has 1 fully saturated rings. The third-order valence-electron chi connectivity index (χ3n) is 3.47. The summed E-state index contributed by atoms with van der Waals surface area (Å²) in [7, 11) is 1.38. The van der Waals surface area contributed by atoms with Crippen molar-refractivity contribution in [3.8, 4) is 0 Å². The van der Waals surface area contributed by atoms with E-state index in [1.165, 1.54) is 26.4 Å². The van der Waals surface area contributed by atoms with Crippen LogP contribution in [0.5, 0.6) is 0 Å². The Morgan fingerprint density at radius 2 is 2.39 bits per heavy atom. The fourth-order valence-electron chi connectivity index (χ4n) is 2.05. The van der Waals surface area contributed by atoms with Gasteiger partial charge >= 0.3 is 5.97 Å². The van der Waals surface area contributed by atoms with Gasteiger partial charge in [0, 0.05) is 17.5 Å². The largest absolute Gasteiger partial charge is 0.465 e. The summed E-state index contributed by atoms with van der Waals surface area (Å²) >= 11 is 1.91. The van der Waals surface area contributed by atoms with Crippen molar-refractivity contribution < 1.29 is 9.53 Å². The fraction of sp³-hybridized carbons (Fsp3) is 0.538. The third kappa shape index (κ3) is 2.77. The van der Waals surface area contributed by atoms with Crippen LogP contribution in [-0.4, -0.2) is 35.6 Å². The number of carbonyl (C=O) groups is 1. The highest BCUT2D eigenvalue weighted by Crippen LogP contribution is 2.42. The topological polar surface area (TPSA) is 51.2 Å². The number of nitrogens with one attached hydrogen (secondary N) is 1. The van der Waals surface area contributed by atoms with Crippen LogP contribution in [0.3, 0.4) is 0 Å². The molecule has 1 aliphatic carbocycles. The summed E-state index contributed by atoms with van der Waals surface area (Å²) in [6.45, 7) is 0.895. The van der Waals surface area contributed by atoms with Crippen LogP contribution in [0.4, 0.5) is 5.82 Å². The van der Waals surface area contributed by atoms with E-state index in [1.807, 2.05) is 11.8 Å². The number of carbonyl (C=O) groups excluding carboxylic acids is 1. The number of pyridine rings is 1. The van der Waals surface area contributed by atoms with Crippen molar-refractivity contribution in [2.45, 2.75) is 24.0 Å². The first kappa shape index (κ1) is 13.2. The molecule has 0 amide bonds. The summed E-state index contributed by atoms with van der Waals surface area (Å²) < 4.78 is 5.04. The summed E-state index contributed by atoms with van der Waals surface area (Å²) in [5.74, 6) is 0.405. The number of methoxy groups -OCH3 is 1. The van der Waals surface area contributed by atoms with Crippen molar-refractivity contribution in [2.75, 3.05) is 25.2 Å². The first-order chi connectivity index (χ1) is 8.69. The Hall–Kier alpha value is -1.23. The van der Waals surface area contributed by atoms with Crippen LogP contribution in [0, 0.1) is 0 Å². The van der Waals surface area contributed by atoms with Crippen LogP contribution in [0.15, 0.2) is 18.3 Å². The van der Waals surface area contributed by atoms with Crippen LogP contribution in [0.2, 0.25) is 0 Å². The molecule has 1 N–H and O–H groups in total. The molecular weight excluding hydrogens is 248 g/mol. The van der Waals surface area contributed by atoms with Crippen LogP contribution < -0.4 is 5.32 Å². The molecule has 18 heavy (non-hydrogen) atoms. The number of hydrogen-bond acceptors (Lipinski definition) is 5. The molecule has 1 aliphatic rings. The Labute approximate surface area is 112 Å². The van der Waals surface area contributed by atoms with Crippen molar-refractivity contribution in [1.29, 1.82) is 0 Å². The van der Waals surface area contributed by atoms with Crippen LogP contribution in [0.1, 0.15) is 29.6 Å². The van der Waals surface area contributed by atoms with E-state index in [1.54, 1.807) is 18.3 Å². The second-order valence-corrected chi connectivity index (χ2v) is 5.79. The Kier molecular flexibility index (Phi) is 4.11. The summed E-state index contributed by atoms with van der Waals surface area (Å²) in [5.41, 5.74) is 0.529. The van der Waals surface area contributed by atoms with Gasteiger partial charge < -0.3 is 10.1 Å². The lowest BCUT2D eigenvalue weighted by Gasteiger charge is -2.40. The van der Waals surface area contributed by atoms with E-state index < -0.39 is 0 Å². The minimum atomic E-state index is -0.330. The molecule has 0 unspecified atom stereocenters. The smallest absolute Gasteiger partial charge is 0.338 e. The number of anilines is 1. The zero-order valence-electron chi connectivity index (χ0n) is 10.7. The number of esters is 1. The molecular formula is C13H18N2O2S. The quantitative estimate of drug-likeness (QED) is 0.830. The lowest BCUT2D eigenvalue weighted by Crippen LogP contribution is -2.40. The summed E-state index contributed by atoms with van der Waals surface area (Å²) in [5, 5.41) is 3.32. The number of ether oxygens (including phenoxy) is 1. The minimum absolute atomic E-state index is 0.330. The highest BCUT2D eigenvalue weighted by Gasteiger charge is 2.35. The van der Waals surface area contributed by atoms with E-state index in [0.29, 0.717) is 10.3 Å². The molecule has 0 radical (unpaired) electrons. The van der Waals surface area contributed by atoms with Gasteiger partial charge in [0.1, 0.15) is 5.82 Å². The first-order valence-corrected chi connectivity index (χ1v) is 7.25. The lowest BCUT2D eigenvalue weighted by molar-refractivity contribution is 0.0600. The SMILES string of the molecule is COC(=O)c1ccnc(NCC2(SC)CCC2)c1. The molecule has 0 atom stereocenters. The predicted molar refractivity (Wildman–Crippen MR) is 74.2 cm³/mol. The highest BCUT2D eigenvalue weighted by atomic mass is 32.2. The maximum absolute atomic E-state index is 11.4. The number of aromatic nitrogens is 1. The average molecular weight is 266 g/mol. The number of nitrogens with zero attached hydrogens (tertiary/aromatic N) is 1. The maximum Gasteiger partial charge on any atom is 0.338 e. The van der Waals surface area contributed by atoms with Crippen molar-refractivity contribution in [3.63, 3.8) is 0 Å². The van der Waals surface area contributed by atoms with Gasteiger partial charge in [-0.05, 0) is 31.2 Å². The van der Waals surface area contributed by atoms with Crippen molar-refractivity contribution in [2.24, 2.45) is 0 Å². The van der Waals surface area contributed by atoms with E-state index in [-0.39, 0.29) is 5.97 Å². The van der Waals surface area contributed by atoms with Crippen molar-refractivity contribution in [1.82, 2.24) is 4.98 Å². The monoisotopic (exact) mass is 266 g/mol. The molecule has 0 aromatic carbocycles. The van der Waals surface area contributed by atoms with Gasteiger partial charge in [-0.1, -0.05) is 6.42 Å². The van der Waals surface area contributed by atoms with Gasteiger partial charge in [0.15, 0.2) is 0 Å². The molecule has 1 aromatic heterocycles. The summed E-state index contributed by atoms with van der Waals surface area (Å²) in [4.78, 5) is 15.6. The van der Waals surface area contributed by atoms with Gasteiger partial charge in [0.2, 0.25) is 0 Å². The van der Waals surface area contributed by atoms with Gasteiger partial charge in [-0.25, -0.2) is 9.78 Å². The van der Waals surface area contributed by atoms with E-state index in [0.717, 1.165) is 12.4 Å². The maximum atomic E-state index is 11.4. The minimum Gasteiger partial charge on any atom is -0.465 e. The Morgan fingerprint density at radius 3 is 2.94 bits per heavy atom. The van der Waals surface area contributed by atoms with Crippen molar-refractivity contribution >= 4 is 23.5 Å². The van der Waals surface area contributed by atoms with E-state index in [2.05, 4.69) is 16.6 Å². The fourth-order valence-corrected chi connectivity index (χ4v) is 2.96. The number of rotatable bonds is 5. The lowest BCUT2D eigenvalue weighted by atomic mass is 9.84. The van der Waals surface area contributed by atoms with Crippen molar-refractivity contribution in [3.05, 3.63) is 23.9 Å². The molecule has 0 spiro atoms. The second kappa shape index (κ2) is 5.61. The Balaban J connectivity index is 1.99. The highest BCUT2D eigenvalue weighted by molar-refractivity contribution is 8.00. The van der Waals surface area contributed by atoms with Gasteiger partial charge in [-0.3, -0.25) is 0 Å². The van der Waals surface area contributed by atoms with Crippen LogP contribution in [0.25, 0.3) is 0 Å². The Morgan fingerprint density at radius 1 is 1.61 bits per heavy atom. The zero-order chi connectivity index (χ0) is 13.0. The third-order valence-corrected chi connectivity index (χ3v) is 4.89. The second-order valence-electron chi connectivity index (χ2n) is 4.52. The molecule has 5 heteroatoms. The molecule has 1 saturated carbocycles. The van der Waals surface area contributed by atoms with Gasteiger partial charge in [0.05, 0.1) is 12.7 Å². The van der Waals surface area contributed by atoms with Gasteiger partial charge in [-0.2, -0.15) is 11.8 Å². The van der Waals surface area contributed by atoms with E-state index >= 15 is 0 Å². The molecule has 1 heterocycles. The van der Waals surface area contributed by atoms with Gasteiger partial charge in [0.25, 0.3) is 0 Å². The zero-order valence-corrected chi connectivity index (χ0v) is 11.5. The summed E-state index contributed by atoms with van der Waals surface area (Å²) in [6.07, 6.45) is 7.58. The molecule has 0 saturated heterocycles. The Bertz CT molecular complexity index is 427. The van der Waals surface area contributed by atoms with Gasteiger partial charge in [-0.15, -0.1) is 0 Å². The molecule has 98 valence electrons. The van der Waals surface area contributed by atoms with E-state index in [4.69, 9.17) is 4.74 Å². The molecule has 1 aromatic rings. The molecule has 4 nitrogen and oxygen atoms in total. The molecule has 0 aliphatic heterocycles. The molecule has 0 bridgehead atoms. The average Bonchev–Trinajstić information content (AvgIpc) is 2.37. The normalized spacial score (nSPS) is 16.8. The first-order valence-electron chi connectivity index (χ1n) is 6.02.